The van der Waals surface area contributed by atoms with Crippen molar-refractivity contribution in [2.45, 2.75) is 4.90 Å². The molecular formula is C23H20N6O4S. The standard InChI is InChI=1S/C23H20N6O4S/c30-21(15-13-29(14-15)22(31)19-12-26-20-5-2-1-4-18(19)20)27-16-6-8-17(9-7-16)34(32,33)28-23-24-10-3-11-25-23/h1-12,15,26H,13-14H2,(H,27,30)(H,24,25,28). The van der Waals surface area contributed by atoms with Crippen LogP contribution in [0.25, 0.3) is 10.9 Å². The van der Waals surface area contributed by atoms with Crippen LogP contribution in [0.3, 0.4) is 0 Å². The molecule has 172 valence electrons. The van der Waals surface area contributed by atoms with Gasteiger partial charge >= 0.3 is 0 Å². The number of aromatic nitrogens is 3. The normalized spacial score (nSPS) is 13.9. The van der Waals surface area contributed by atoms with E-state index in [1.165, 1.54) is 36.7 Å². The fraction of sp³-hybridized carbons (Fsp3) is 0.130. The lowest BCUT2D eigenvalue weighted by molar-refractivity contribution is -0.123. The highest BCUT2D eigenvalue weighted by molar-refractivity contribution is 7.92. The van der Waals surface area contributed by atoms with Gasteiger partial charge in [-0.25, -0.2) is 23.1 Å². The van der Waals surface area contributed by atoms with Crippen molar-refractivity contribution < 1.29 is 18.0 Å². The molecule has 5 rings (SSSR count). The second-order valence-electron chi connectivity index (χ2n) is 7.85. The van der Waals surface area contributed by atoms with Crippen molar-refractivity contribution >= 4 is 44.4 Å². The van der Waals surface area contributed by atoms with Gasteiger partial charge in [0.15, 0.2) is 0 Å². The number of H-pyrrole nitrogens is 1. The monoisotopic (exact) mass is 476 g/mol. The first-order chi connectivity index (χ1) is 16.4. The predicted octanol–water partition coefficient (Wildman–Crippen LogP) is 2.47. The number of para-hydroxylation sites is 1. The summed E-state index contributed by atoms with van der Waals surface area (Å²) in [6, 6.07) is 14.9. The van der Waals surface area contributed by atoms with Crippen LogP contribution in [0.15, 0.2) is 78.1 Å². The van der Waals surface area contributed by atoms with Crippen LogP contribution < -0.4 is 10.0 Å². The smallest absolute Gasteiger partial charge is 0.264 e. The van der Waals surface area contributed by atoms with Gasteiger partial charge in [0.05, 0.1) is 16.4 Å². The van der Waals surface area contributed by atoms with Gasteiger partial charge in [-0.05, 0) is 36.4 Å². The van der Waals surface area contributed by atoms with Crippen molar-refractivity contribution in [3.63, 3.8) is 0 Å². The van der Waals surface area contributed by atoms with E-state index in [9.17, 15) is 18.0 Å². The van der Waals surface area contributed by atoms with Gasteiger partial charge < -0.3 is 15.2 Å². The Morgan fingerprint density at radius 2 is 1.68 bits per heavy atom. The van der Waals surface area contributed by atoms with Crippen molar-refractivity contribution in [3.8, 4) is 0 Å². The summed E-state index contributed by atoms with van der Waals surface area (Å²) < 4.78 is 27.2. The Labute approximate surface area is 195 Å². The Bertz CT molecular complexity index is 1460. The first kappa shape index (κ1) is 21.6. The molecular weight excluding hydrogens is 456 g/mol. The maximum absolute atomic E-state index is 12.8. The van der Waals surface area contributed by atoms with Gasteiger partial charge in [-0.3, -0.25) is 9.59 Å². The number of hydrogen-bond acceptors (Lipinski definition) is 6. The highest BCUT2D eigenvalue weighted by atomic mass is 32.2. The lowest BCUT2D eigenvalue weighted by atomic mass is 9.97. The molecule has 1 aliphatic heterocycles. The number of nitrogens with one attached hydrogen (secondary N) is 3. The average molecular weight is 477 g/mol. The molecule has 3 heterocycles. The van der Waals surface area contributed by atoms with Gasteiger partial charge in [0, 0.05) is 48.3 Å². The molecule has 4 aromatic rings. The Morgan fingerprint density at radius 1 is 0.971 bits per heavy atom. The molecule has 0 saturated carbocycles. The van der Waals surface area contributed by atoms with Crippen LogP contribution in [0.5, 0.6) is 0 Å². The van der Waals surface area contributed by atoms with E-state index >= 15 is 0 Å². The first-order valence-electron chi connectivity index (χ1n) is 10.5. The summed E-state index contributed by atoms with van der Waals surface area (Å²) in [5, 5.41) is 3.62. The van der Waals surface area contributed by atoms with Gasteiger partial charge in [-0.1, -0.05) is 18.2 Å². The minimum absolute atomic E-state index is 0.0112. The lowest BCUT2D eigenvalue weighted by Crippen LogP contribution is -2.54. The molecule has 0 unspecified atom stereocenters. The van der Waals surface area contributed by atoms with Crippen molar-refractivity contribution in [1.82, 2.24) is 19.9 Å². The van der Waals surface area contributed by atoms with Crippen molar-refractivity contribution in [2.75, 3.05) is 23.1 Å². The third-order valence-electron chi connectivity index (χ3n) is 5.58. The van der Waals surface area contributed by atoms with Gasteiger partial charge in [0.25, 0.3) is 15.9 Å². The molecule has 2 aromatic heterocycles. The summed E-state index contributed by atoms with van der Waals surface area (Å²) >= 11 is 0. The minimum atomic E-state index is -3.86. The molecule has 0 radical (unpaired) electrons. The number of anilines is 2. The molecule has 0 aliphatic carbocycles. The number of carbonyl (C=O) groups is 2. The number of benzene rings is 2. The quantitative estimate of drug-likeness (QED) is 0.391. The van der Waals surface area contributed by atoms with E-state index in [0.717, 1.165) is 10.9 Å². The molecule has 11 heteroatoms. The molecule has 1 aliphatic rings. The van der Waals surface area contributed by atoms with E-state index in [0.29, 0.717) is 24.3 Å². The zero-order valence-corrected chi connectivity index (χ0v) is 18.6. The fourth-order valence-corrected chi connectivity index (χ4v) is 4.68. The molecule has 34 heavy (non-hydrogen) atoms. The first-order valence-corrected chi connectivity index (χ1v) is 12.0. The van der Waals surface area contributed by atoms with Gasteiger partial charge in [-0.2, -0.15) is 0 Å². The average Bonchev–Trinajstić information content (AvgIpc) is 3.23. The summed E-state index contributed by atoms with van der Waals surface area (Å²) in [4.78, 5) is 37.8. The van der Waals surface area contributed by atoms with E-state index in [-0.39, 0.29) is 28.6 Å². The number of nitrogens with zero attached hydrogens (tertiary/aromatic N) is 3. The molecule has 10 nitrogen and oxygen atoms in total. The number of fused-ring (bicyclic) bond motifs is 1. The van der Waals surface area contributed by atoms with Crippen LogP contribution in [0, 0.1) is 5.92 Å². The van der Waals surface area contributed by atoms with E-state index in [4.69, 9.17) is 0 Å². The van der Waals surface area contributed by atoms with Gasteiger partial charge in [0.1, 0.15) is 0 Å². The zero-order chi connectivity index (χ0) is 23.7. The Hall–Kier alpha value is -4.25. The number of carbonyl (C=O) groups excluding carboxylic acids is 2. The molecule has 0 bridgehead atoms. The molecule has 1 saturated heterocycles. The molecule has 1 fully saturated rings. The van der Waals surface area contributed by atoms with Crippen molar-refractivity contribution in [1.29, 1.82) is 0 Å². The highest BCUT2D eigenvalue weighted by Crippen LogP contribution is 2.25. The Morgan fingerprint density at radius 3 is 2.41 bits per heavy atom. The summed E-state index contributed by atoms with van der Waals surface area (Å²) in [7, 11) is -3.86. The summed E-state index contributed by atoms with van der Waals surface area (Å²) in [6.07, 6.45) is 4.55. The topological polar surface area (TPSA) is 137 Å². The number of aromatic amines is 1. The Kier molecular flexibility index (Phi) is 5.46. The minimum Gasteiger partial charge on any atom is -0.360 e. The van der Waals surface area contributed by atoms with E-state index < -0.39 is 10.0 Å². The SMILES string of the molecule is O=C(Nc1ccc(S(=O)(=O)Nc2ncccn2)cc1)C1CN(C(=O)c2c[nH]c3ccccc23)C1. The number of amides is 2. The largest absolute Gasteiger partial charge is 0.360 e. The van der Waals surface area contributed by atoms with E-state index in [1.54, 1.807) is 17.2 Å². The maximum atomic E-state index is 12.8. The second kappa shape index (κ2) is 8.60. The maximum Gasteiger partial charge on any atom is 0.264 e. The Balaban J connectivity index is 1.17. The van der Waals surface area contributed by atoms with Crippen LogP contribution in [0.1, 0.15) is 10.4 Å². The molecule has 2 amide bonds. The zero-order valence-electron chi connectivity index (χ0n) is 17.8. The lowest BCUT2D eigenvalue weighted by Gasteiger charge is -2.38. The summed E-state index contributed by atoms with van der Waals surface area (Å²) in [6.45, 7) is 0.634. The van der Waals surface area contributed by atoms with Crippen LogP contribution in [-0.2, 0) is 14.8 Å². The highest BCUT2D eigenvalue weighted by Gasteiger charge is 2.36. The number of sulfonamides is 1. The summed E-state index contributed by atoms with van der Waals surface area (Å²) in [5.41, 5.74) is 1.93. The second-order valence-corrected chi connectivity index (χ2v) is 9.53. The predicted molar refractivity (Wildman–Crippen MR) is 126 cm³/mol. The molecule has 0 spiro atoms. The summed E-state index contributed by atoms with van der Waals surface area (Å²) in [5.74, 6) is -0.716. The number of likely N-dealkylation sites (tertiary alicyclic amines) is 1. The number of rotatable bonds is 6. The van der Waals surface area contributed by atoms with Crippen molar-refractivity contribution in [2.24, 2.45) is 5.92 Å². The van der Waals surface area contributed by atoms with Gasteiger partial charge in [0.2, 0.25) is 11.9 Å². The molecule has 2 aromatic carbocycles. The number of hydrogen-bond donors (Lipinski definition) is 3. The van der Waals surface area contributed by atoms with Crippen molar-refractivity contribution in [3.05, 3.63) is 78.8 Å². The van der Waals surface area contributed by atoms with Crippen LogP contribution in [-0.4, -0.2) is 53.2 Å². The molecule has 0 atom stereocenters. The fourth-order valence-electron chi connectivity index (χ4n) is 3.72. The van der Waals surface area contributed by atoms with Gasteiger partial charge in [-0.15, -0.1) is 0 Å². The van der Waals surface area contributed by atoms with E-state index in [2.05, 4.69) is 25.0 Å². The molecule has 3 N–H and O–H groups in total. The van der Waals surface area contributed by atoms with Crippen LogP contribution in [0.4, 0.5) is 11.6 Å². The van der Waals surface area contributed by atoms with Crippen LogP contribution in [0.2, 0.25) is 0 Å². The van der Waals surface area contributed by atoms with E-state index in [1.807, 2.05) is 24.3 Å². The van der Waals surface area contributed by atoms with Crippen LogP contribution >= 0.6 is 0 Å². The third-order valence-corrected chi connectivity index (χ3v) is 6.93. The third kappa shape index (κ3) is 4.20.